The van der Waals surface area contributed by atoms with E-state index in [-0.39, 0.29) is 10.9 Å². The van der Waals surface area contributed by atoms with Gasteiger partial charge in [0.2, 0.25) is 10.0 Å². The minimum absolute atomic E-state index is 0.00569. The van der Waals surface area contributed by atoms with Crippen LogP contribution in [0, 0.1) is 0 Å². The Bertz CT molecular complexity index is 642. The van der Waals surface area contributed by atoms with E-state index < -0.39 is 10.0 Å². The van der Waals surface area contributed by atoms with Gasteiger partial charge in [0.25, 0.3) is 0 Å². The van der Waals surface area contributed by atoms with Crippen LogP contribution in [-0.4, -0.2) is 38.5 Å². The minimum Gasteiger partial charge on any atom is -0.399 e. The van der Waals surface area contributed by atoms with Crippen molar-refractivity contribution in [2.24, 2.45) is 0 Å². The molecule has 2 heterocycles. The molecular formula is C13H17Br2N3O2S. The van der Waals surface area contributed by atoms with Crippen molar-refractivity contribution in [1.82, 2.24) is 9.62 Å². The van der Waals surface area contributed by atoms with Gasteiger partial charge in [-0.15, -0.1) is 0 Å². The van der Waals surface area contributed by atoms with Crippen LogP contribution in [0.1, 0.15) is 19.3 Å². The second-order valence-electron chi connectivity index (χ2n) is 5.58. The maximum absolute atomic E-state index is 12.7. The number of hydrogen-bond acceptors (Lipinski definition) is 4. The third kappa shape index (κ3) is 3.01. The molecule has 1 aromatic rings. The first-order chi connectivity index (χ1) is 9.88. The third-order valence-corrected chi connectivity index (χ3v) is 7.57. The van der Waals surface area contributed by atoms with Crippen molar-refractivity contribution in [2.45, 2.75) is 36.2 Å². The fraction of sp³-hybridized carbons (Fsp3) is 0.538. The highest BCUT2D eigenvalue weighted by Gasteiger charge is 2.39. The van der Waals surface area contributed by atoms with Crippen molar-refractivity contribution in [3.63, 3.8) is 0 Å². The summed E-state index contributed by atoms with van der Waals surface area (Å²) >= 11 is 6.60. The summed E-state index contributed by atoms with van der Waals surface area (Å²) < 4.78 is 29.2. The van der Waals surface area contributed by atoms with Crippen molar-refractivity contribution < 1.29 is 8.42 Å². The molecule has 2 fully saturated rings. The van der Waals surface area contributed by atoms with E-state index in [2.05, 4.69) is 41.5 Å². The zero-order chi connectivity index (χ0) is 15.2. The van der Waals surface area contributed by atoms with E-state index in [1.54, 1.807) is 12.1 Å². The molecule has 21 heavy (non-hydrogen) atoms. The number of nitrogen functional groups attached to an aromatic ring is 1. The molecule has 0 aromatic heterocycles. The largest absolute Gasteiger partial charge is 0.399 e. The highest BCUT2D eigenvalue weighted by molar-refractivity contribution is 9.11. The first-order valence-corrected chi connectivity index (χ1v) is 9.96. The molecule has 0 aliphatic carbocycles. The van der Waals surface area contributed by atoms with Crippen LogP contribution in [-0.2, 0) is 10.0 Å². The minimum atomic E-state index is -3.59. The van der Waals surface area contributed by atoms with Gasteiger partial charge >= 0.3 is 0 Å². The van der Waals surface area contributed by atoms with Crippen molar-refractivity contribution in [1.29, 1.82) is 0 Å². The molecular weight excluding hydrogens is 422 g/mol. The Morgan fingerprint density at radius 3 is 2.52 bits per heavy atom. The Morgan fingerprint density at radius 1 is 1.19 bits per heavy atom. The first kappa shape index (κ1) is 15.7. The predicted molar refractivity (Wildman–Crippen MR) is 89.6 cm³/mol. The van der Waals surface area contributed by atoms with Crippen LogP contribution >= 0.6 is 31.9 Å². The molecule has 2 saturated heterocycles. The number of nitrogens with two attached hydrogens (primary N) is 1. The molecule has 3 rings (SSSR count). The molecule has 0 spiro atoms. The van der Waals surface area contributed by atoms with Gasteiger partial charge < -0.3 is 5.73 Å². The van der Waals surface area contributed by atoms with Crippen LogP contribution in [0.2, 0.25) is 0 Å². The smallest absolute Gasteiger partial charge is 0.243 e. The molecule has 0 bridgehead atoms. The Kier molecular flexibility index (Phi) is 4.35. The molecule has 1 aromatic carbocycles. The average molecular weight is 439 g/mol. The fourth-order valence-corrected chi connectivity index (χ4v) is 7.24. The van der Waals surface area contributed by atoms with Crippen molar-refractivity contribution >= 4 is 47.6 Å². The van der Waals surface area contributed by atoms with E-state index in [9.17, 15) is 8.42 Å². The van der Waals surface area contributed by atoms with Gasteiger partial charge in [0.05, 0.1) is 0 Å². The average Bonchev–Trinajstić information content (AvgIpc) is 2.92. The lowest BCUT2D eigenvalue weighted by molar-refractivity contribution is 0.309. The summed E-state index contributed by atoms with van der Waals surface area (Å²) in [7, 11) is -3.59. The van der Waals surface area contributed by atoms with E-state index in [1.807, 2.05) is 0 Å². The second kappa shape index (κ2) is 5.81. The molecule has 116 valence electrons. The van der Waals surface area contributed by atoms with Crippen LogP contribution in [0.3, 0.4) is 0 Å². The number of sulfonamides is 1. The first-order valence-electron chi connectivity index (χ1n) is 6.89. The van der Waals surface area contributed by atoms with E-state index in [0.717, 1.165) is 32.4 Å². The summed E-state index contributed by atoms with van der Waals surface area (Å²) in [5.41, 5.74) is 6.23. The van der Waals surface area contributed by atoms with Gasteiger partial charge in [-0.05, 0) is 69.8 Å². The molecule has 3 N–H and O–H groups in total. The van der Waals surface area contributed by atoms with Crippen LogP contribution in [0.25, 0.3) is 0 Å². The lowest BCUT2D eigenvalue weighted by atomic mass is 10.1. The van der Waals surface area contributed by atoms with Gasteiger partial charge in [-0.3, -0.25) is 4.90 Å². The van der Waals surface area contributed by atoms with Gasteiger partial charge in [-0.1, -0.05) is 0 Å². The molecule has 2 aliphatic rings. The van der Waals surface area contributed by atoms with Crippen LogP contribution in [0.5, 0.6) is 0 Å². The second-order valence-corrected chi connectivity index (χ2v) is 8.94. The number of rotatable bonds is 3. The summed E-state index contributed by atoms with van der Waals surface area (Å²) in [6.07, 6.45) is 3.09. The van der Waals surface area contributed by atoms with Gasteiger partial charge in [-0.2, -0.15) is 0 Å². The number of hydrogen-bond donors (Lipinski definition) is 2. The summed E-state index contributed by atoms with van der Waals surface area (Å²) in [6.45, 7) is 2.06. The lowest BCUT2D eigenvalue weighted by Gasteiger charge is -2.22. The fourth-order valence-electron chi connectivity index (χ4n) is 3.31. The maximum Gasteiger partial charge on any atom is 0.243 e. The zero-order valence-electron chi connectivity index (χ0n) is 11.4. The molecule has 0 radical (unpaired) electrons. The Morgan fingerprint density at radius 2 is 1.86 bits per heavy atom. The van der Waals surface area contributed by atoms with E-state index >= 15 is 0 Å². The van der Waals surface area contributed by atoms with E-state index in [0.29, 0.717) is 20.7 Å². The van der Waals surface area contributed by atoms with Crippen LogP contribution < -0.4 is 10.5 Å². The summed E-state index contributed by atoms with van der Waals surface area (Å²) in [4.78, 5) is 2.59. The Hall–Kier alpha value is -0.150. The normalized spacial score (nSPS) is 26.2. The number of fused-ring (bicyclic) bond motifs is 1. The van der Waals surface area contributed by atoms with Gasteiger partial charge in [-0.25, -0.2) is 13.1 Å². The SMILES string of the molecule is Nc1cc(Br)c(S(=O)(=O)NC2CCN3CCCC23)c(Br)c1. The Balaban J connectivity index is 1.88. The molecule has 0 amide bonds. The van der Waals surface area contributed by atoms with Crippen molar-refractivity contribution in [2.75, 3.05) is 18.8 Å². The predicted octanol–water partition coefficient (Wildman–Crippen LogP) is 2.31. The topological polar surface area (TPSA) is 75.4 Å². The number of halogens is 2. The molecule has 2 unspecified atom stereocenters. The summed E-state index contributed by atoms with van der Waals surface area (Å²) in [5.74, 6) is 0. The monoisotopic (exact) mass is 437 g/mol. The molecule has 5 nitrogen and oxygen atoms in total. The van der Waals surface area contributed by atoms with E-state index in [1.165, 1.54) is 0 Å². The molecule has 0 saturated carbocycles. The van der Waals surface area contributed by atoms with Gasteiger partial charge in [0.15, 0.2) is 0 Å². The number of nitrogens with zero attached hydrogens (tertiary/aromatic N) is 1. The summed E-state index contributed by atoms with van der Waals surface area (Å²) in [6, 6.07) is 3.55. The Labute approximate surface area is 141 Å². The highest BCUT2D eigenvalue weighted by atomic mass is 79.9. The van der Waals surface area contributed by atoms with Crippen molar-refractivity contribution in [3.8, 4) is 0 Å². The number of nitrogens with one attached hydrogen (secondary N) is 1. The molecule has 2 aliphatic heterocycles. The quantitative estimate of drug-likeness (QED) is 0.710. The number of benzene rings is 1. The number of anilines is 1. The van der Waals surface area contributed by atoms with Gasteiger partial charge in [0.1, 0.15) is 4.90 Å². The zero-order valence-corrected chi connectivity index (χ0v) is 15.3. The summed E-state index contributed by atoms with van der Waals surface area (Å²) in [5, 5.41) is 0. The molecule has 2 atom stereocenters. The third-order valence-electron chi connectivity index (χ3n) is 4.20. The van der Waals surface area contributed by atoms with Crippen LogP contribution in [0.15, 0.2) is 26.0 Å². The molecule has 8 heteroatoms. The van der Waals surface area contributed by atoms with E-state index in [4.69, 9.17) is 5.73 Å². The van der Waals surface area contributed by atoms with Gasteiger partial charge in [0, 0.05) is 33.3 Å². The van der Waals surface area contributed by atoms with Crippen LogP contribution in [0.4, 0.5) is 5.69 Å². The maximum atomic E-state index is 12.7. The van der Waals surface area contributed by atoms with Crippen molar-refractivity contribution in [3.05, 3.63) is 21.1 Å². The highest BCUT2D eigenvalue weighted by Crippen LogP contribution is 2.34. The standard InChI is InChI=1S/C13H17Br2N3O2S/c14-9-6-8(16)7-10(15)13(9)21(19,20)17-11-3-5-18-4-1-2-12(11)18/h6-7,11-12,17H,1-5,16H2. The lowest BCUT2D eigenvalue weighted by Crippen LogP contribution is -2.42.